The Hall–Kier alpha value is -3.16. The summed E-state index contributed by atoms with van der Waals surface area (Å²) in [5.41, 5.74) is 0.909. The maximum absolute atomic E-state index is 12.0. The van der Waals surface area contributed by atoms with Crippen LogP contribution in [0, 0.1) is 0 Å². The van der Waals surface area contributed by atoms with Crippen molar-refractivity contribution in [1.29, 1.82) is 0 Å². The van der Waals surface area contributed by atoms with Crippen molar-refractivity contribution in [1.82, 2.24) is 15.1 Å². The zero-order chi connectivity index (χ0) is 16.2. The molecule has 118 valence electrons. The highest BCUT2D eigenvalue weighted by Gasteiger charge is 2.22. The summed E-state index contributed by atoms with van der Waals surface area (Å²) in [4.78, 5) is 20.1. The Labute approximate surface area is 131 Å². The molecule has 0 fully saturated rings. The van der Waals surface area contributed by atoms with E-state index in [-0.39, 0.29) is 18.0 Å². The molecule has 2 aromatic heterocycles. The van der Waals surface area contributed by atoms with Crippen LogP contribution in [-0.2, 0) is 4.74 Å². The molecule has 8 nitrogen and oxygen atoms in total. The Kier molecular flexibility index (Phi) is 4.05. The van der Waals surface area contributed by atoms with Crippen LogP contribution in [0.1, 0.15) is 17.4 Å². The molecule has 3 aromatic rings. The van der Waals surface area contributed by atoms with E-state index in [1.165, 1.54) is 6.33 Å². The number of nitrogens with zero attached hydrogens (tertiary/aromatic N) is 3. The monoisotopic (exact) mass is 314 g/mol. The van der Waals surface area contributed by atoms with Gasteiger partial charge in [0.15, 0.2) is 0 Å². The zero-order valence-corrected chi connectivity index (χ0v) is 12.6. The number of fused-ring (bicyclic) bond motifs is 1. The number of carbonyl (C=O) groups is 1. The summed E-state index contributed by atoms with van der Waals surface area (Å²) in [6.45, 7) is 1.95. The summed E-state index contributed by atoms with van der Waals surface area (Å²) in [5, 5.41) is 7.20. The summed E-state index contributed by atoms with van der Waals surface area (Å²) in [6, 6.07) is 7.33. The fourth-order valence-electron chi connectivity index (χ4n) is 2.10. The molecule has 0 amide bonds. The number of hydrogen-bond donors (Lipinski definition) is 1. The molecule has 1 N–H and O–H groups in total. The lowest BCUT2D eigenvalue weighted by Gasteiger charge is -2.10. The van der Waals surface area contributed by atoms with Crippen molar-refractivity contribution >= 4 is 28.6 Å². The van der Waals surface area contributed by atoms with Gasteiger partial charge in [0.1, 0.15) is 23.3 Å². The molecule has 2 heterocycles. The van der Waals surface area contributed by atoms with E-state index >= 15 is 0 Å². The smallest absolute Gasteiger partial charge is 0.361 e. The van der Waals surface area contributed by atoms with E-state index in [2.05, 4.69) is 20.4 Å². The van der Waals surface area contributed by atoms with Gasteiger partial charge in [-0.25, -0.2) is 9.78 Å². The van der Waals surface area contributed by atoms with Crippen molar-refractivity contribution in [3.63, 3.8) is 0 Å². The highest BCUT2D eigenvalue weighted by atomic mass is 16.5. The summed E-state index contributed by atoms with van der Waals surface area (Å²) in [5.74, 6) is 0.418. The van der Waals surface area contributed by atoms with Gasteiger partial charge in [0.2, 0.25) is 5.69 Å². The number of nitrogens with one attached hydrogen (secondary N) is 1. The van der Waals surface area contributed by atoms with Crippen LogP contribution in [0.5, 0.6) is 5.75 Å². The number of ether oxygens (including phenoxy) is 2. The second-order valence-electron chi connectivity index (χ2n) is 4.48. The third-order valence-corrected chi connectivity index (χ3v) is 3.10. The second-order valence-corrected chi connectivity index (χ2v) is 4.48. The molecular formula is C15H14N4O4. The molecule has 0 aliphatic heterocycles. The van der Waals surface area contributed by atoms with E-state index in [0.717, 1.165) is 0 Å². The van der Waals surface area contributed by atoms with Crippen molar-refractivity contribution in [2.24, 2.45) is 0 Å². The van der Waals surface area contributed by atoms with Crippen LogP contribution >= 0.6 is 0 Å². The highest BCUT2D eigenvalue weighted by Crippen LogP contribution is 2.30. The summed E-state index contributed by atoms with van der Waals surface area (Å²) in [6.07, 6.45) is 1.32. The van der Waals surface area contributed by atoms with E-state index < -0.39 is 5.97 Å². The Morgan fingerprint density at radius 2 is 2.13 bits per heavy atom. The van der Waals surface area contributed by atoms with Crippen molar-refractivity contribution in [3.8, 4) is 5.75 Å². The number of rotatable bonds is 5. The van der Waals surface area contributed by atoms with Crippen LogP contribution in [0.25, 0.3) is 11.1 Å². The lowest BCUT2D eigenvalue weighted by molar-refractivity contribution is 0.0517. The minimum atomic E-state index is -0.593. The van der Waals surface area contributed by atoms with Crippen molar-refractivity contribution in [2.45, 2.75) is 6.92 Å². The van der Waals surface area contributed by atoms with E-state index in [1.54, 1.807) is 20.1 Å². The molecule has 0 atom stereocenters. The minimum absolute atomic E-state index is 0.0276. The van der Waals surface area contributed by atoms with Gasteiger partial charge in [0.25, 0.3) is 5.71 Å². The predicted octanol–water partition coefficient (Wildman–Crippen LogP) is 2.55. The maximum atomic E-state index is 12.0. The van der Waals surface area contributed by atoms with Crippen molar-refractivity contribution < 1.29 is 18.8 Å². The van der Waals surface area contributed by atoms with Gasteiger partial charge in [-0.15, -0.1) is 0 Å². The number of carbonyl (C=O) groups excluding carboxylic acids is 1. The molecule has 0 bridgehead atoms. The molecule has 0 spiro atoms. The van der Waals surface area contributed by atoms with Crippen LogP contribution in [0.3, 0.4) is 0 Å². The molecule has 8 heteroatoms. The molecule has 3 rings (SSSR count). The van der Waals surface area contributed by atoms with Gasteiger partial charge in [0.05, 0.1) is 19.4 Å². The van der Waals surface area contributed by atoms with Gasteiger partial charge in [-0.05, 0) is 19.1 Å². The van der Waals surface area contributed by atoms with Gasteiger partial charge in [-0.3, -0.25) is 0 Å². The average molecular weight is 314 g/mol. The highest BCUT2D eigenvalue weighted by molar-refractivity contribution is 6.05. The molecule has 0 saturated heterocycles. The van der Waals surface area contributed by atoms with E-state index in [9.17, 15) is 4.79 Å². The summed E-state index contributed by atoms with van der Waals surface area (Å²) >= 11 is 0. The Bertz CT molecular complexity index is 846. The lowest BCUT2D eigenvalue weighted by atomic mass is 10.2. The van der Waals surface area contributed by atoms with E-state index in [0.29, 0.717) is 22.6 Å². The Morgan fingerprint density at radius 3 is 2.91 bits per heavy atom. The third-order valence-electron chi connectivity index (χ3n) is 3.10. The van der Waals surface area contributed by atoms with Gasteiger partial charge in [-0.1, -0.05) is 17.3 Å². The summed E-state index contributed by atoms with van der Waals surface area (Å²) < 4.78 is 15.3. The Morgan fingerprint density at radius 1 is 1.30 bits per heavy atom. The SMILES string of the molecule is CCOC(=O)c1noc2ncnc(Nc3ccccc3OC)c12. The number of para-hydroxylation sites is 2. The van der Waals surface area contributed by atoms with Crippen LogP contribution in [0.4, 0.5) is 11.5 Å². The first-order chi connectivity index (χ1) is 11.2. The minimum Gasteiger partial charge on any atom is -0.495 e. The number of hydrogen-bond acceptors (Lipinski definition) is 8. The van der Waals surface area contributed by atoms with Gasteiger partial charge < -0.3 is 19.3 Å². The number of esters is 1. The van der Waals surface area contributed by atoms with Crippen LogP contribution < -0.4 is 10.1 Å². The molecule has 23 heavy (non-hydrogen) atoms. The second kappa shape index (κ2) is 6.30. The van der Waals surface area contributed by atoms with Crippen molar-refractivity contribution in [3.05, 3.63) is 36.3 Å². The third kappa shape index (κ3) is 2.78. The largest absolute Gasteiger partial charge is 0.495 e. The van der Waals surface area contributed by atoms with E-state index in [1.807, 2.05) is 18.2 Å². The maximum Gasteiger partial charge on any atom is 0.361 e. The molecule has 1 aromatic carbocycles. The Balaban J connectivity index is 2.07. The molecule has 0 radical (unpaired) electrons. The lowest BCUT2D eigenvalue weighted by Crippen LogP contribution is -2.07. The van der Waals surface area contributed by atoms with E-state index in [4.69, 9.17) is 14.0 Å². The van der Waals surface area contributed by atoms with Crippen molar-refractivity contribution in [2.75, 3.05) is 19.0 Å². The topological polar surface area (TPSA) is 99.4 Å². The van der Waals surface area contributed by atoms with Gasteiger partial charge in [-0.2, -0.15) is 4.98 Å². The fourth-order valence-corrected chi connectivity index (χ4v) is 2.10. The first-order valence-electron chi connectivity index (χ1n) is 6.92. The van der Waals surface area contributed by atoms with Gasteiger partial charge in [0, 0.05) is 0 Å². The number of anilines is 2. The van der Waals surface area contributed by atoms with Crippen LogP contribution in [0.2, 0.25) is 0 Å². The average Bonchev–Trinajstić information content (AvgIpc) is 3.01. The molecule has 0 unspecified atom stereocenters. The number of benzene rings is 1. The quantitative estimate of drug-likeness (QED) is 0.717. The first kappa shape index (κ1) is 14.8. The molecule has 0 saturated carbocycles. The molecule has 0 aliphatic carbocycles. The van der Waals surface area contributed by atoms with Crippen LogP contribution in [-0.4, -0.2) is 34.8 Å². The standard InChI is InChI=1S/C15H14N4O4/c1-3-22-15(20)12-11-13(16-8-17-14(11)23-19-12)18-9-6-4-5-7-10(9)21-2/h4-8H,3H2,1-2H3,(H,16,17,18). The summed E-state index contributed by atoms with van der Waals surface area (Å²) in [7, 11) is 1.57. The van der Waals surface area contributed by atoms with Crippen LogP contribution in [0.15, 0.2) is 35.1 Å². The number of methoxy groups -OCH3 is 1. The number of aromatic nitrogens is 3. The fraction of sp³-hybridized carbons (Fsp3) is 0.200. The van der Waals surface area contributed by atoms with Gasteiger partial charge >= 0.3 is 5.97 Å². The predicted molar refractivity (Wildman–Crippen MR) is 81.8 cm³/mol. The zero-order valence-electron chi connectivity index (χ0n) is 12.6. The molecule has 0 aliphatic rings. The normalized spacial score (nSPS) is 10.5. The molecular weight excluding hydrogens is 300 g/mol. The first-order valence-corrected chi connectivity index (χ1v) is 6.92.